The highest BCUT2D eigenvalue weighted by Crippen LogP contribution is 2.25. The van der Waals surface area contributed by atoms with Crippen LogP contribution in [0.5, 0.6) is 0 Å². The first kappa shape index (κ1) is 16.8. The fourth-order valence-corrected chi connectivity index (χ4v) is 3.81. The Labute approximate surface area is 142 Å². The van der Waals surface area contributed by atoms with Gasteiger partial charge >= 0.3 is 6.09 Å². The molecular weight excluding hydrogens is 306 g/mol. The summed E-state index contributed by atoms with van der Waals surface area (Å²) >= 11 is 0. The van der Waals surface area contributed by atoms with Gasteiger partial charge in [-0.3, -0.25) is 9.69 Å². The lowest BCUT2D eigenvalue weighted by atomic mass is 9.96. The van der Waals surface area contributed by atoms with Gasteiger partial charge in [0.15, 0.2) is 0 Å². The monoisotopic (exact) mass is 331 g/mol. The molecule has 2 N–H and O–H groups in total. The molecule has 0 radical (unpaired) electrons. The molecule has 6 heteroatoms. The van der Waals surface area contributed by atoms with Crippen molar-refractivity contribution in [1.29, 1.82) is 0 Å². The summed E-state index contributed by atoms with van der Waals surface area (Å²) in [5, 5.41) is 11.8. The van der Waals surface area contributed by atoms with Gasteiger partial charge in [0, 0.05) is 32.6 Å². The van der Waals surface area contributed by atoms with Crippen molar-refractivity contribution < 1.29 is 14.7 Å². The van der Waals surface area contributed by atoms with E-state index in [0.717, 1.165) is 19.5 Å². The molecule has 1 aromatic carbocycles. The van der Waals surface area contributed by atoms with E-state index in [0.29, 0.717) is 25.4 Å². The zero-order chi connectivity index (χ0) is 17.1. The molecule has 2 amide bonds. The van der Waals surface area contributed by atoms with E-state index in [1.807, 2.05) is 23.1 Å². The van der Waals surface area contributed by atoms with Crippen LogP contribution in [0, 0.1) is 5.92 Å². The third-order valence-electron chi connectivity index (χ3n) is 5.03. The predicted molar refractivity (Wildman–Crippen MR) is 90.6 cm³/mol. The van der Waals surface area contributed by atoms with Crippen LogP contribution < -0.4 is 5.32 Å². The Morgan fingerprint density at radius 2 is 2.04 bits per heavy atom. The van der Waals surface area contributed by atoms with Crippen molar-refractivity contribution in [2.24, 2.45) is 5.92 Å². The molecule has 0 spiro atoms. The molecule has 1 unspecified atom stereocenters. The largest absolute Gasteiger partial charge is 0.465 e. The van der Waals surface area contributed by atoms with Gasteiger partial charge in [-0.05, 0) is 17.9 Å². The van der Waals surface area contributed by atoms with Gasteiger partial charge in [-0.1, -0.05) is 37.3 Å². The van der Waals surface area contributed by atoms with Crippen LogP contribution >= 0.6 is 0 Å². The van der Waals surface area contributed by atoms with E-state index < -0.39 is 6.09 Å². The molecule has 0 bridgehead atoms. The summed E-state index contributed by atoms with van der Waals surface area (Å²) in [6, 6.07) is 9.82. The molecule has 3 rings (SSSR count). The van der Waals surface area contributed by atoms with Crippen LogP contribution in [0.1, 0.15) is 25.3 Å². The molecular formula is C18H25N3O3. The Morgan fingerprint density at radius 1 is 1.29 bits per heavy atom. The highest BCUT2D eigenvalue weighted by atomic mass is 16.4. The number of carboxylic acid groups (broad SMARTS) is 1. The number of nitrogens with one attached hydrogen (secondary N) is 1. The molecule has 6 nitrogen and oxygen atoms in total. The summed E-state index contributed by atoms with van der Waals surface area (Å²) in [6.07, 6.45) is 0.528. The molecule has 2 fully saturated rings. The summed E-state index contributed by atoms with van der Waals surface area (Å²) < 4.78 is 0. The van der Waals surface area contributed by atoms with Crippen LogP contribution in [-0.4, -0.2) is 58.6 Å². The minimum Gasteiger partial charge on any atom is -0.465 e. The Bertz CT molecular complexity index is 592. The molecule has 2 aliphatic heterocycles. The van der Waals surface area contributed by atoms with Gasteiger partial charge in [0.05, 0.1) is 12.1 Å². The molecule has 130 valence electrons. The second-order valence-corrected chi connectivity index (χ2v) is 6.99. The highest BCUT2D eigenvalue weighted by molar-refractivity contribution is 5.78. The van der Waals surface area contributed by atoms with Crippen molar-refractivity contribution in [3.63, 3.8) is 0 Å². The van der Waals surface area contributed by atoms with Gasteiger partial charge in [0.1, 0.15) is 0 Å². The SMILES string of the molecule is CC1CCN([C@H]2CN(Cc3ccccc3)C[C@@H]2NC(=O)O)C(=O)C1. The molecule has 2 saturated heterocycles. The zero-order valence-corrected chi connectivity index (χ0v) is 14.0. The smallest absolute Gasteiger partial charge is 0.404 e. The van der Waals surface area contributed by atoms with E-state index in [1.54, 1.807) is 0 Å². The summed E-state index contributed by atoms with van der Waals surface area (Å²) in [7, 11) is 0. The first-order valence-electron chi connectivity index (χ1n) is 8.58. The van der Waals surface area contributed by atoms with Gasteiger partial charge in [-0.25, -0.2) is 4.79 Å². The average Bonchev–Trinajstić information content (AvgIpc) is 2.89. The lowest BCUT2D eigenvalue weighted by Crippen LogP contribution is -2.54. The standard InChI is InChI=1S/C18H25N3O3/c1-13-7-8-21(17(22)9-13)16-12-20(11-15(16)19-18(23)24)10-14-5-3-2-4-6-14/h2-6,13,15-16,19H,7-12H2,1H3,(H,23,24)/t13?,15-,16-/m0/s1. The Hall–Kier alpha value is -2.08. The Morgan fingerprint density at radius 3 is 2.71 bits per heavy atom. The van der Waals surface area contributed by atoms with E-state index in [9.17, 15) is 9.59 Å². The minimum atomic E-state index is -1.02. The van der Waals surface area contributed by atoms with E-state index in [1.165, 1.54) is 5.56 Å². The van der Waals surface area contributed by atoms with Crippen molar-refractivity contribution in [2.45, 2.75) is 38.4 Å². The van der Waals surface area contributed by atoms with Crippen molar-refractivity contribution >= 4 is 12.0 Å². The van der Waals surface area contributed by atoms with E-state index in [4.69, 9.17) is 5.11 Å². The maximum Gasteiger partial charge on any atom is 0.404 e. The minimum absolute atomic E-state index is 0.0789. The van der Waals surface area contributed by atoms with E-state index in [-0.39, 0.29) is 18.0 Å². The number of piperidine rings is 1. The molecule has 1 aromatic rings. The number of amides is 2. The molecule has 24 heavy (non-hydrogen) atoms. The molecule has 2 heterocycles. The molecule has 0 aromatic heterocycles. The van der Waals surface area contributed by atoms with Crippen LogP contribution in [0.25, 0.3) is 0 Å². The highest BCUT2D eigenvalue weighted by Gasteiger charge is 2.40. The normalized spacial score (nSPS) is 28.1. The van der Waals surface area contributed by atoms with E-state index in [2.05, 4.69) is 29.3 Å². The maximum absolute atomic E-state index is 12.4. The topological polar surface area (TPSA) is 72.9 Å². The molecule has 3 atom stereocenters. The number of rotatable bonds is 4. The molecule has 0 saturated carbocycles. The molecule has 2 aliphatic rings. The van der Waals surface area contributed by atoms with Crippen molar-refractivity contribution in [3.8, 4) is 0 Å². The summed E-state index contributed by atoms with van der Waals surface area (Å²) in [6.45, 7) is 4.93. The van der Waals surface area contributed by atoms with Crippen LogP contribution in [0.2, 0.25) is 0 Å². The maximum atomic E-state index is 12.4. The van der Waals surface area contributed by atoms with Gasteiger partial charge < -0.3 is 15.3 Å². The van der Waals surface area contributed by atoms with Gasteiger partial charge in [-0.15, -0.1) is 0 Å². The summed E-state index contributed by atoms with van der Waals surface area (Å²) in [5.41, 5.74) is 1.20. The van der Waals surface area contributed by atoms with Crippen molar-refractivity contribution in [3.05, 3.63) is 35.9 Å². The third-order valence-corrected chi connectivity index (χ3v) is 5.03. The second kappa shape index (κ2) is 7.21. The van der Waals surface area contributed by atoms with Crippen molar-refractivity contribution in [2.75, 3.05) is 19.6 Å². The van der Waals surface area contributed by atoms with Crippen molar-refractivity contribution in [1.82, 2.24) is 15.1 Å². The Balaban J connectivity index is 1.71. The Kier molecular flexibility index (Phi) is 5.04. The average molecular weight is 331 g/mol. The quantitative estimate of drug-likeness (QED) is 0.882. The van der Waals surface area contributed by atoms with Gasteiger partial charge in [-0.2, -0.15) is 0 Å². The van der Waals surface area contributed by atoms with Crippen LogP contribution in [0.3, 0.4) is 0 Å². The van der Waals surface area contributed by atoms with Crippen LogP contribution in [0.15, 0.2) is 30.3 Å². The van der Waals surface area contributed by atoms with Gasteiger partial charge in [0.2, 0.25) is 5.91 Å². The number of benzene rings is 1. The van der Waals surface area contributed by atoms with Crippen LogP contribution in [-0.2, 0) is 11.3 Å². The molecule has 0 aliphatic carbocycles. The number of hydrogen-bond acceptors (Lipinski definition) is 3. The number of nitrogens with zero attached hydrogens (tertiary/aromatic N) is 2. The number of carbonyl (C=O) groups is 2. The van der Waals surface area contributed by atoms with Gasteiger partial charge in [0.25, 0.3) is 0 Å². The second-order valence-electron chi connectivity index (χ2n) is 6.99. The lowest BCUT2D eigenvalue weighted by molar-refractivity contribution is -0.137. The summed E-state index contributed by atoms with van der Waals surface area (Å²) in [5.74, 6) is 0.568. The fourth-order valence-electron chi connectivity index (χ4n) is 3.81. The first-order valence-corrected chi connectivity index (χ1v) is 8.58. The van der Waals surface area contributed by atoms with E-state index >= 15 is 0 Å². The first-order chi connectivity index (χ1) is 11.5. The number of likely N-dealkylation sites (tertiary alicyclic amines) is 2. The zero-order valence-electron chi connectivity index (χ0n) is 14.0. The predicted octanol–water partition coefficient (Wildman–Crippen LogP) is 1.77. The fraction of sp³-hybridized carbons (Fsp3) is 0.556. The third kappa shape index (κ3) is 3.87. The van der Waals surface area contributed by atoms with Crippen LogP contribution in [0.4, 0.5) is 4.79 Å². The summed E-state index contributed by atoms with van der Waals surface area (Å²) in [4.78, 5) is 27.7. The lowest BCUT2D eigenvalue weighted by Gasteiger charge is -2.37. The number of hydrogen-bond donors (Lipinski definition) is 2. The number of carbonyl (C=O) groups excluding carboxylic acids is 1.